The van der Waals surface area contributed by atoms with Crippen molar-refractivity contribution in [3.8, 4) is 0 Å². The van der Waals surface area contributed by atoms with E-state index in [-0.39, 0.29) is 6.54 Å². The van der Waals surface area contributed by atoms with E-state index in [1.807, 2.05) is 6.92 Å². The predicted molar refractivity (Wildman–Crippen MR) is 45.5 cm³/mol. The molecule has 0 aliphatic rings. The van der Waals surface area contributed by atoms with Gasteiger partial charge in [-0.25, -0.2) is 4.39 Å². The Hall–Kier alpha value is -0.830. The molecule has 0 radical (unpaired) electrons. The van der Waals surface area contributed by atoms with E-state index in [1.165, 1.54) is 6.26 Å². The van der Waals surface area contributed by atoms with E-state index in [9.17, 15) is 4.39 Å². The van der Waals surface area contributed by atoms with Crippen molar-refractivity contribution < 1.29 is 8.81 Å². The van der Waals surface area contributed by atoms with Crippen LogP contribution < -0.4 is 5.73 Å². The summed E-state index contributed by atoms with van der Waals surface area (Å²) in [5, 5.41) is 0. The lowest BCUT2D eigenvalue weighted by atomic mass is 9.97. The average molecular weight is 171 g/mol. The summed E-state index contributed by atoms with van der Waals surface area (Å²) in [6.07, 6.45) is 2.64. The van der Waals surface area contributed by atoms with Gasteiger partial charge in [-0.3, -0.25) is 0 Å². The molecule has 2 N–H and O–H groups in total. The van der Waals surface area contributed by atoms with Crippen molar-refractivity contribution in [1.82, 2.24) is 0 Å². The molecule has 0 saturated carbocycles. The van der Waals surface area contributed by atoms with Crippen LogP contribution in [0, 0.1) is 0 Å². The van der Waals surface area contributed by atoms with Crippen molar-refractivity contribution >= 4 is 0 Å². The van der Waals surface area contributed by atoms with Crippen LogP contribution in [-0.2, 0) is 5.67 Å². The molecule has 3 heteroatoms. The number of rotatable bonds is 4. The molecule has 0 aliphatic carbocycles. The topological polar surface area (TPSA) is 39.2 Å². The van der Waals surface area contributed by atoms with Crippen LogP contribution in [0.25, 0.3) is 0 Å². The van der Waals surface area contributed by atoms with Crippen molar-refractivity contribution in [2.24, 2.45) is 5.73 Å². The summed E-state index contributed by atoms with van der Waals surface area (Å²) in [4.78, 5) is 0. The SMILES string of the molecule is CCCC(F)(CN)c1ccco1. The summed E-state index contributed by atoms with van der Waals surface area (Å²) in [5.41, 5.74) is 3.88. The molecule has 0 aliphatic heterocycles. The quantitative estimate of drug-likeness (QED) is 0.754. The van der Waals surface area contributed by atoms with Crippen molar-refractivity contribution in [2.75, 3.05) is 6.54 Å². The lowest BCUT2D eigenvalue weighted by molar-refractivity contribution is 0.125. The second-order valence-electron chi connectivity index (χ2n) is 2.90. The fourth-order valence-electron chi connectivity index (χ4n) is 1.26. The zero-order chi connectivity index (χ0) is 9.03. The van der Waals surface area contributed by atoms with Gasteiger partial charge >= 0.3 is 0 Å². The summed E-state index contributed by atoms with van der Waals surface area (Å²) in [6.45, 7) is 1.90. The van der Waals surface area contributed by atoms with Crippen molar-refractivity contribution in [3.05, 3.63) is 24.2 Å². The summed E-state index contributed by atoms with van der Waals surface area (Å²) in [5.74, 6) is 0.340. The van der Waals surface area contributed by atoms with Crippen LogP contribution in [0.4, 0.5) is 4.39 Å². The predicted octanol–water partition coefficient (Wildman–Crippen LogP) is 2.20. The van der Waals surface area contributed by atoms with Crippen LogP contribution >= 0.6 is 0 Å². The van der Waals surface area contributed by atoms with E-state index < -0.39 is 5.67 Å². The molecular formula is C9H14FNO. The molecule has 1 heterocycles. The first-order chi connectivity index (χ1) is 5.73. The molecule has 1 aromatic rings. The molecule has 12 heavy (non-hydrogen) atoms. The van der Waals surface area contributed by atoms with Crippen molar-refractivity contribution in [1.29, 1.82) is 0 Å². The number of alkyl halides is 1. The molecule has 1 aromatic heterocycles. The van der Waals surface area contributed by atoms with Crippen LogP contribution in [0.15, 0.2) is 22.8 Å². The minimum atomic E-state index is -1.47. The van der Waals surface area contributed by atoms with Gasteiger partial charge in [0.1, 0.15) is 5.76 Å². The molecule has 1 unspecified atom stereocenters. The van der Waals surface area contributed by atoms with Crippen LogP contribution in [0.1, 0.15) is 25.5 Å². The highest BCUT2D eigenvalue weighted by Gasteiger charge is 2.31. The number of hydrogen-bond donors (Lipinski definition) is 1. The molecule has 0 bridgehead atoms. The van der Waals surface area contributed by atoms with Gasteiger partial charge in [0.25, 0.3) is 0 Å². The van der Waals surface area contributed by atoms with Crippen LogP contribution in [-0.4, -0.2) is 6.54 Å². The maximum atomic E-state index is 13.9. The van der Waals surface area contributed by atoms with Gasteiger partial charge in [-0.1, -0.05) is 13.3 Å². The van der Waals surface area contributed by atoms with E-state index in [4.69, 9.17) is 10.2 Å². The van der Waals surface area contributed by atoms with E-state index in [0.29, 0.717) is 12.2 Å². The first-order valence-electron chi connectivity index (χ1n) is 4.16. The molecule has 1 atom stereocenters. The highest BCUT2D eigenvalue weighted by Crippen LogP contribution is 2.30. The van der Waals surface area contributed by atoms with Gasteiger partial charge in [0.05, 0.1) is 6.26 Å². The molecule has 0 saturated heterocycles. The van der Waals surface area contributed by atoms with Crippen LogP contribution in [0.3, 0.4) is 0 Å². The Labute approximate surface area is 71.6 Å². The van der Waals surface area contributed by atoms with Crippen molar-refractivity contribution in [3.63, 3.8) is 0 Å². The second kappa shape index (κ2) is 3.72. The molecule has 0 spiro atoms. The molecule has 0 aromatic carbocycles. The Morgan fingerprint density at radius 3 is 2.83 bits per heavy atom. The Kier molecular flexibility index (Phi) is 2.87. The second-order valence-corrected chi connectivity index (χ2v) is 2.90. The highest BCUT2D eigenvalue weighted by atomic mass is 19.1. The fourth-order valence-corrected chi connectivity index (χ4v) is 1.26. The third-order valence-electron chi connectivity index (χ3n) is 1.93. The Balaban J connectivity index is 2.80. The fraction of sp³-hybridized carbons (Fsp3) is 0.556. The summed E-state index contributed by atoms with van der Waals surface area (Å²) in [7, 11) is 0. The third-order valence-corrected chi connectivity index (χ3v) is 1.93. The zero-order valence-corrected chi connectivity index (χ0v) is 7.22. The molecular weight excluding hydrogens is 157 g/mol. The number of hydrogen-bond acceptors (Lipinski definition) is 2. The Morgan fingerprint density at radius 2 is 2.42 bits per heavy atom. The lowest BCUT2D eigenvalue weighted by Crippen LogP contribution is -2.29. The normalized spacial score (nSPS) is 15.9. The Bertz CT molecular complexity index is 222. The largest absolute Gasteiger partial charge is 0.466 e. The maximum absolute atomic E-state index is 13.9. The zero-order valence-electron chi connectivity index (χ0n) is 7.22. The van der Waals surface area contributed by atoms with Gasteiger partial charge in [-0.15, -0.1) is 0 Å². The Morgan fingerprint density at radius 1 is 1.67 bits per heavy atom. The minimum Gasteiger partial charge on any atom is -0.466 e. The molecule has 0 amide bonds. The van der Waals surface area contributed by atoms with Gasteiger partial charge in [0.2, 0.25) is 0 Å². The number of nitrogens with two attached hydrogens (primary N) is 1. The molecule has 1 rings (SSSR count). The molecule has 0 fully saturated rings. The monoisotopic (exact) mass is 171 g/mol. The van der Waals surface area contributed by atoms with Crippen molar-refractivity contribution in [2.45, 2.75) is 25.4 Å². The summed E-state index contributed by atoms with van der Waals surface area (Å²) in [6, 6.07) is 3.30. The number of furan rings is 1. The van der Waals surface area contributed by atoms with Crippen LogP contribution in [0.5, 0.6) is 0 Å². The van der Waals surface area contributed by atoms with Gasteiger partial charge in [-0.2, -0.15) is 0 Å². The number of halogens is 1. The van der Waals surface area contributed by atoms with E-state index >= 15 is 0 Å². The van der Waals surface area contributed by atoms with Gasteiger partial charge < -0.3 is 10.2 Å². The van der Waals surface area contributed by atoms with Crippen LogP contribution in [0.2, 0.25) is 0 Å². The maximum Gasteiger partial charge on any atom is 0.180 e. The first kappa shape index (κ1) is 9.26. The molecule has 2 nitrogen and oxygen atoms in total. The van der Waals surface area contributed by atoms with E-state index in [1.54, 1.807) is 12.1 Å². The smallest absolute Gasteiger partial charge is 0.180 e. The third kappa shape index (κ3) is 1.67. The average Bonchev–Trinajstić information content (AvgIpc) is 2.57. The standard InChI is InChI=1S/C9H14FNO/c1-2-5-9(10,7-11)8-4-3-6-12-8/h3-4,6H,2,5,7,11H2,1H3. The van der Waals surface area contributed by atoms with E-state index in [2.05, 4.69) is 0 Å². The molecule has 68 valence electrons. The van der Waals surface area contributed by atoms with E-state index in [0.717, 1.165) is 6.42 Å². The van der Waals surface area contributed by atoms with Gasteiger partial charge in [-0.05, 0) is 18.6 Å². The van der Waals surface area contributed by atoms with Gasteiger partial charge in [0.15, 0.2) is 5.67 Å². The lowest BCUT2D eigenvalue weighted by Gasteiger charge is -2.19. The van der Waals surface area contributed by atoms with Gasteiger partial charge in [0, 0.05) is 6.54 Å². The summed E-state index contributed by atoms with van der Waals surface area (Å²) >= 11 is 0. The minimum absolute atomic E-state index is 0.0195. The first-order valence-corrected chi connectivity index (χ1v) is 4.16. The highest BCUT2D eigenvalue weighted by molar-refractivity contribution is 5.09. The summed E-state index contributed by atoms with van der Waals surface area (Å²) < 4.78 is 18.9.